The van der Waals surface area contributed by atoms with E-state index in [1.54, 1.807) is 24.3 Å². The molecule has 0 spiro atoms. The summed E-state index contributed by atoms with van der Waals surface area (Å²) in [6.07, 6.45) is 0. The van der Waals surface area contributed by atoms with Crippen molar-refractivity contribution in [2.45, 2.75) is 13.0 Å². The summed E-state index contributed by atoms with van der Waals surface area (Å²) in [5, 5.41) is 6.18. The fraction of sp³-hybridized carbons (Fsp3) is 0.263. The minimum absolute atomic E-state index is 0.0488. The van der Waals surface area contributed by atoms with E-state index in [-0.39, 0.29) is 17.9 Å². The lowest BCUT2D eigenvalue weighted by atomic mass is 10.1. The van der Waals surface area contributed by atoms with E-state index in [9.17, 15) is 9.59 Å². The van der Waals surface area contributed by atoms with Gasteiger partial charge in [0, 0.05) is 31.2 Å². The van der Waals surface area contributed by atoms with Crippen molar-refractivity contribution in [2.75, 3.05) is 25.0 Å². The molecule has 1 aliphatic heterocycles. The minimum Gasteiger partial charge on any atom is -0.336 e. The van der Waals surface area contributed by atoms with Crippen molar-refractivity contribution < 1.29 is 9.59 Å². The van der Waals surface area contributed by atoms with E-state index in [0.717, 1.165) is 6.54 Å². The van der Waals surface area contributed by atoms with Gasteiger partial charge in [-0.05, 0) is 31.2 Å². The van der Waals surface area contributed by atoms with Crippen LogP contribution in [0.5, 0.6) is 0 Å². The van der Waals surface area contributed by atoms with Crippen molar-refractivity contribution >= 4 is 17.5 Å². The number of carbonyl (C=O) groups excluding carboxylic acids is 2. The van der Waals surface area contributed by atoms with Gasteiger partial charge >= 0.3 is 0 Å². The molecule has 1 atom stereocenters. The third-order valence-corrected chi connectivity index (χ3v) is 4.10. The Balaban J connectivity index is 1.80. The standard InChI is InChI=1S/C19H21N3O2/c1-14-13-22(12-11-20-14)19(24)16-9-5-6-10-17(16)21-18(23)15-7-3-2-4-8-15/h2-10,14,20H,11-13H2,1H3,(H,21,23). The summed E-state index contributed by atoms with van der Waals surface area (Å²) in [6.45, 7) is 4.18. The highest BCUT2D eigenvalue weighted by Crippen LogP contribution is 2.19. The molecule has 1 aliphatic rings. The molecule has 1 fully saturated rings. The lowest BCUT2D eigenvalue weighted by molar-refractivity contribution is 0.0710. The van der Waals surface area contributed by atoms with E-state index in [2.05, 4.69) is 17.6 Å². The van der Waals surface area contributed by atoms with E-state index >= 15 is 0 Å². The van der Waals surface area contributed by atoms with E-state index in [4.69, 9.17) is 0 Å². The molecular formula is C19H21N3O2. The molecule has 2 aromatic carbocycles. The number of amides is 2. The predicted octanol–water partition coefficient (Wildman–Crippen LogP) is 2.37. The molecule has 2 aromatic rings. The summed E-state index contributed by atoms with van der Waals surface area (Å²) in [5.74, 6) is -0.267. The minimum atomic E-state index is -0.218. The van der Waals surface area contributed by atoms with Crippen LogP contribution in [0.2, 0.25) is 0 Å². The average Bonchev–Trinajstić information content (AvgIpc) is 2.62. The third kappa shape index (κ3) is 3.63. The molecule has 2 amide bonds. The summed E-state index contributed by atoms with van der Waals surface area (Å²) in [7, 11) is 0. The van der Waals surface area contributed by atoms with Crippen LogP contribution in [0.1, 0.15) is 27.6 Å². The number of nitrogens with one attached hydrogen (secondary N) is 2. The molecule has 1 saturated heterocycles. The monoisotopic (exact) mass is 323 g/mol. The van der Waals surface area contributed by atoms with Crippen molar-refractivity contribution in [1.82, 2.24) is 10.2 Å². The molecule has 1 unspecified atom stereocenters. The Kier molecular flexibility index (Phi) is 4.91. The highest BCUT2D eigenvalue weighted by Gasteiger charge is 2.23. The van der Waals surface area contributed by atoms with Gasteiger partial charge in [-0.2, -0.15) is 0 Å². The zero-order valence-electron chi connectivity index (χ0n) is 13.7. The zero-order valence-corrected chi connectivity index (χ0v) is 13.7. The topological polar surface area (TPSA) is 61.4 Å². The number of piperazine rings is 1. The van der Waals surface area contributed by atoms with Gasteiger partial charge in [-0.25, -0.2) is 0 Å². The van der Waals surface area contributed by atoms with E-state index < -0.39 is 0 Å². The lowest BCUT2D eigenvalue weighted by Gasteiger charge is -2.32. The highest BCUT2D eigenvalue weighted by molar-refractivity contribution is 6.09. The van der Waals surface area contributed by atoms with Crippen LogP contribution >= 0.6 is 0 Å². The molecule has 3 rings (SSSR count). The van der Waals surface area contributed by atoms with Gasteiger partial charge in [-0.3, -0.25) is 9.59 Å². The van der Waals surface area contributed by atoms with Crippen molar-refractivity contribution in [3.05, 3.63) is 65.7 Å². The van der Waals surface area contributed by atoms with Gasteiger partial charge in [-0.15, -0.1) is 0 Å². The van der Waals surface area contributed by atoms with Crippen LogP contribution < -0.4 is 10.6 Å². The zero-order chi connectivity index (χ0) is 16.9. The highest BCUT2D eigenvalue weighted by atomic mass is 16.2. The number of benzene rings is 2. The summed E-state index contributed by atoms with van der Waals surface area (Å²) < 4.78 is 0. The molecule has 0 radical (unpaired) electrons. The van der Waals surface area contributed by atoms with Crippen molar-refractivity contribution in [2.24, 2.45) is 0 Å². The number of nitrogens with zero attached hydrogens (tertiary/aromatic N) is 1. The molecule has 0 bridgehead atoms. The maximum absolute atomic E-state index is 12.8. The third-order valence-electron chi connectivity index (χ3n) is 4.10. The lowest BCUT2D eigenvalue weighted by Crippen LogP contribution is -2.51. The molecule has 0 aromatic heterocycles. The van der Waals surface area contributed by atoms with Crippen molar-refractivity contribution in [3.8, 4) is 0 Å². The number of rotatable bonds is 3. The first-order chi connectivity index (χ1) is 11.6. The van der Waals surface area contributed by atoms with Gasteiger partial charge in [0.05, 0.1) is 11.3 Å². The predicted molar refractivity (Wildman–Crippen MR) is 94.2 cm³/mol. The van der Waals surface area contributed by atoms with Gasteiger partial charge < -0.3 is 15.5 Å². The fourth-order valence-electron chi connectivity index (χ4n) is 2.85. The fourth-order valence-corrected chi connectivity index (χ4v) is 2.85. The number of para-hydroxylation sites is 1. The second-order valence-electron chi connectivity index (χ2n) is 5.97. The average molecular weight is 323 g/mol. The van der Waals surface area contributed by atoms with Crippen LogP contribution in [0, 0.1) is 0 Å². The number of hydrogen-bond donors (Lipinski definition) is 2. The molecule has 5 heteroatoms. The van der Waals surface area contributed by atoms with Crippen LogP contribution in [-0.2, 0) is 0 Å². The van der Waals surface area contributed by atoms with Gasteiger partial charge in [0.25, 0.3) is 11.8 Å². The molecule has 24 heavy (non-hydrogen) atoms. The smallest absolute Gasteiger partial charge is 0.256 e. The largest absolute Gasteiger partial charge is 0.336 e. The maximum atomic E-state index is 12.8. The Morgan fingerprint density at radius 1 is 1.08 bits per heavy atom. The second-order valence-corrected chi connectivity index (χ2v) is 5.97. The molecule has 1 heterocycles. The summed E-state index contributed by atoms with van der Waals surface area (Å²) in [6, 6.07) is 16.4. The van der Waals surface area contributed by atoms with E-state index in [1.165, 1.54) is 0 Å². The molecule has 5 nitrogen and oxygen atoms in total. The Labute approximate surface area is 141 Å². The van der Waals surface area contributed by atoms with Crippen molar-refractivity contribution in [1.29, 1.82) is 0 Å². The molecular weight excluding hydrogens is 302 g/mol. The van der Waals surface area contributed by atoms with Crippen LogP contribution in [0.15, 0.2) is 54.6 Å². The van der Waals surface area contributed by atoms with Crippen LogP contribution in [-0.4, -0.2) is 42.4 Å². The molecule has 124 valence electrons. The van der Waals surface area contributed by atoms with Crippen LogP contribution in [0.25, 0.3) is 0 Å². The Bertz CT molecular complexity index is 730. The summed E-state index contributed by atoms with van der Waals surface area (Å²) in [5.41, 5.74) is 1.63. The van der Waals surface area contributed by atoms with Gasteiger partial charge in [0.15, 0.2) is 0 Å². The van der Waals surface area contributed by atoms with Crippen molar-refractivity contribution in [3.63, 3.8) is 0 Å². The molecule has 0 saturated carbocycles. The normalized spacial score (nSPS) is 17.4. The number of hydrogen-bond acceptors (Lipinski definition) is 3. The Morgan fingerprint density at radius 2 is 1.79 bits per heavy atom. The molecule has 0 aliphatic carbocycles. The van der Waals surface area contributed by atoms with E-state index in [0.29, 0.717) is 29.9 Å². The Hall–Kier alpha value is -2.66. The second kappa shape index (κ2) is 7.27. The molecule has 2 N–H and O–H groups in total. The van der Waals surface area contributed by atoms with Crippen LogP contribution in [0.4, 0.5) is 5.69 Å². The first-order valence-corrected chi connectivity index (χ1v) is 8.13. The first-order valence-electron chi connectivity index (χ1n) is 8.13. The SMILES string of the molecule is CC1CN(C(=O)c2ccccc2NC(=O)c2ccccc2)CCN1. The first kappa shape index (κ1) is 16.2. The Morgan fingerprint density at radius 3 is 2.54 bits per heavy atom. The summed E-state index contributed by atoms with van der Waals surface area (Å²) in [4.78, 5) is 27.0. The van der Waals surface area contributed by atoms with Gasteiger partial charge in [0.2, 0.25) is 0 Å². The maximum Gasteiger partial charge on any atom is 0.256 e. The quantitative estimate of drug-likeness (QED) is 0.911. The van der Waals surface area contributed by atoms with Crippen LogP contribution in [0.3, 0.4) is 0 Å². The number of anilines is 1. The number of carbonyl (C=O) groups is 2. The summed E-state index contributed by atoms with van der Waals surface area (Å²) >= 11 is 0. The van der Waals surface area contributed by atoms with Gasteiger partial charge in [-0.1, -0.05) is 30.3 Å². The van der Waals surface area contributed by atoms with E-state index in [1.807, 2.05) is 35.2 Å². The van der Waals surface area contributed by atoms with Gasteiger partial charge in [0.1, 0.15) is 0 Å².